The molecule has 0 aliphatic heterocycles. The summed E-state index contributed by atoms with van der Waals surface area (Å²) in [5, 5.41) is 7.98. The summed E-state index contributed by atoms with van der Waals surface area (Å²) in [4.78, 5) is 32.1. The van der Waals surface area contributed by atoms with Crippen molar-refractivity contribution in [3.05, 3.63) is 46.2 Å². The number of carbonyl (C=O) groups is 2. The zero-order valence-corrected chi connectivity index (χ0v) is 16.7. The molecule has 1 fully saturated rings. The summed E-state index contributed by atoms with van der Waals surface area (Å²) in [6, 6.07) is 3.86. The number of carbonyl (C=O) groups excluding carboxylic acids is 2. The molecule has 2 aromatic rings. The van der Waals surface area contributed by atoms with Crippen molar-refractivity contribution in [2.45, 2.75) is 25.9 Å². The van der Waals surface area contributed by atoms with Crippen molar-refractivity contribution >= 4 is 35.1 Å². The molecule has 2 heterocycles. The number of anilines is 2. The average molecular weight is 442 g/mol. The van der Waals surface area contributed by atoms with Crippen molar-refractivity contribution in [3.63, 3.8) is 0 Å². The molecule has 0 aromatic carbocycles. The highest BCUT2D eigenvalue weighted by Crippen LogP contribution is 2.32. The molecule has 7 nitrogen and oxygen atoms in total. The van der Waals surface area contributed by atoms with Gasteiger partial charge in [-0.05, 0) is 38.0 Å². The van der Waals surface area contributed by atoms with Crippen LogP contribution in [0.5, 0.6) is 0 Å². The molecule has 1 aliphatic carbocycles. The molecule has 1 aliphatic rings. The van der Waals surface area contributed by atoms with E-state index < -0.39 is 11.7 Å². The predicted octanol–water partition coefficient (Wildman–Crippen LogP) is 3.65. The number of rotatable bonds is 7. The van der Waals surface area contributed by atoms with Crippen LogP contribution in [0, 0.1) is 12.8 Å². The fourth-order valence-electron chi connectivity index (χ4n) is 2.62. The highest BCUT2D eigenvalue weighted by Gasteiger charge is 2.31. The Morgan fingerprint density at radius 3 is 2.57 bits per heavy atom. The molecule has 0 radical (unpaired) electrons. The number of nitrogens with one attached hydrogen (secondary N) is 3. The number of nitrogens with zero attached hydrogens (tertiary/aromatic N) is 2. The molecule has 0 unspecified atom stereocenters. The molecular formula is C19H19ClF3N5O2. The number of hydrogen-bond acceptors (Lipinski definition) is 5. The van der Waals surface area contributed by atoms with Gasteiger partial charge in [0.2, 0.25) is 5.91 Å². The van der Waals surface area contributed by atoms with Gasteiger partial charge >= 0.3 is 6.18 Å². The molecule has 2 aromatic heterocycles. The Hall–Kier alpha value is -2.88. The molecule has 11 heteroatoms. The third-order valence-electron chi connectivity index (χ3n) is 4.29. The number of halogens is 4. The van der Waals surface area contributed by atoms with Crippen molar-refractivity contribution in [1.82, 2.24) is 15.3 Å². The molecular weight excluding hydrogens is 423 g/mol. The summed E-state index contributed by atoms with van der Waals surface area (Å²) < 4.78 is 37.9. The summed E-state index contributed by atoms with van der Waals surface area (Å²) in [5.74, 6) is -0.0683. The van der Waals surface area contributed by atoms with Crippen LogP contribution in [0.4, 0.5) is 24.8 Å². The van der Waals surface area contributed by atoms with E-state index in [1.807, 2.05) is 0 Å². The van der Waals surface area contributed by atoms with E-state index >= 15 is 0 Å². The van der Waals surface area contributed by atoms with E-state index in [9.17, 15) is 22.8 Å². The average Bonchev–Trinajstić information content (AvgIpc) is 3.50. The van der Waals surface area contributed by atoms with Crippen molar-refractivity contribution in [2.24, 2.45) is 5.92 Å². The van der Waals surface area contributed by atoms with Crippen LogP contribution in [0.25, 0.3) is 0 Å². The lowest BCUT2D eigenvalue weighted by Gasteiger charge is -2.12. The lowest BCUT2D eigenvalue weighted by atomic mass is 10.2. The molecule has 0 atom stereocenters. The molecule has 0 spiro atoms. The summed E-state index contributed by atoms with van der Waals surface area (Å²) in [5.41, 5.74) is -0.0316. The monoisotopic (exact) mass is 441 g/mol. The zero-order valence-electron chi connectivity index (χ0n) is 15.9. The highest BCUT2D eigenvalue weighted by molar-refractivity contribution is 6.32. The van der Waals surface area contributed by atoms with Gasteiger partial charge in [0.1, 0.15) is 11.6 Å². The Morgan fingerprint density at radius 1 is 1.20 bits per heavy atom. The Morgan fingerprint density at radius 2 is 1.93 bits per heavy atom. The first-order valence-electron chi connectivity index (χ1n) is 9.18. The molecule has 0 bridgehead atoms. The van der Waals surface area contributed by atoms with Crippen LogP contribution in [0.3, 0.4) is 0 Å². The van der Waals surface area contributed by atoms with Crippen molar-refractivity contribution in [3.8, 4) is 0 Å². The number of aromatic nitrogens is 2. The number of amides is 2. The van der Waals surface area contributed by atoms with Crippen molar-refractivity contribution in [2.75, 3.05) is 23.7 Å². The zero-order chi connectivity index (χ0) is 21.9. The van der Waals surface area contributed by atoms with Crippen LogP contribution in [0.1, 0.15) is 34.5 Å². The normalized spacial score (nSPS) is 13.6. The fraction of sp³-hybridized carbons (Fsp3) is 0.368. The predicted molar refractivity (Wildman–Crippen MR) is 105 cm³/mol. The van der Waals surface area contributed by atoms with E-state index in [4.69, 9.17) is 11.6 Å². The number of hydrogen-bond donors (Lipinski definition) is 3. The number of alkyl halides is 3. The first kappa shape index (κ1) is 21.8. The maximum absolute atomic E-state index is 12.6. The summed E-state index contributed by atoms with van der Waals surface area (Å²) in [6.45, 7) is 2.07. The van der Waals surface area contributed by atoms with Crippen LogP contribution >= 0.6 is 11.6 Å². The molecule has 2 amide bonds. The van der Waals surface area contributed by atoms with Gasteiger partial charge in [-0.25, -0.2) is 9.97 Å². The molecule has 3 rings (SSSR count). The van der Waals surface area contributed by atoms with E-state index in [-0.39, 0.29) is 41.7 Å². The fourth-order valence-corrected chi connectivity index (χ4v) is 2.85. The topological polar surface area (TPSA) is 96.0 Å². The van der Waals surface area contributed by atoms with E-state index in [2.05, 4.69) is 25.9 Å². The van der Waals surface area contributed by atoms with Gasteiger partial charge in [0.15, 0.2) is 0 Å². The molecule has 0 saturated heterocycles. The third-order valence-corrected chi connectivity index (χ3v) is 4.57. The molecule has 160 valence electrons. The summed E-state index contributed by atoms with van der Waals surface area (Å²) in [7, 11) is 0. The second kappa shape index (κ2) is 8.86. The lowest BCUT2D eigenvalue weighted by molar-refractivity contribution is -0.137. The molecule has 30 heavy (non-hydrogen) atoms. The van der Waals surface area contributed by atoms with Gasteiger partial charge in [-0.3, -0.25) is 9.59 Å². The minimum Gasteiger partial charge on any atom is -0.367 e. The maximum Gasteiger partial charge on any atom is 0.417 e. The highest BCUT2D eigenvalue weighted by atomic mass is 35.5. The van der Waals surface area contributed by atoms with E-state index in [1.54, 1.807) is 13.0 Å². The quantitative estimate of drug-likeness (QED) is 0.570. The van der Waals surface area contributed by atoms with E-state index in [0.29, 0.717) is 23.3 Å². The Kier molecular flexibility index (Phi) is 6.45. The minimum atomic E-state index is -4.53. The van der Waals surface area contributed by atoms with Gasteiger partial charge in [0, 0.05) is 36.5 Å². The first-order chi connectivity index (χ1) is 14.1. The van der Waals surface area contributed by atoms with Crippen LogP contribution in [-0.4, -0.2) is 34.9 Å². The minimum absolute atomic E-state index is 0.0151. The number of aryl methyl sites for hydroxylation is 1. The van der Waals surface area contributed by atoms with Gasteiger partial charge in [-0.1, -0.05) is 11.6 Å². The smallest absolute Gasteiger partial charge is 0.367 e. The van der Waals surface area contributed by atoms with E-state index in [1.165, 1.54) is 6.07 Å². The Bertz CT molecular complexity index is 964. The van der Waals surface area contributed by atoms with Gasteiger partial charge in [-0.15, -0.1) is 0 Å². The lowest BCUT2D eigenvalue weighted by Crippen LogP contribution is -2.29. The van der Waals surface area contributed by atoms with Crippen LogP contribution in [0.2, 0.25) is 5.02 Å². The Balaban J connectivity index is 1.52. The van der Waals surface area contributed by atoms with Gasteiger partial charge in [0.05, 0.1) is 10.6 Å². The summed E-state index contributed by atoms with van der Waals surface area (Å²) in [6.07, 6.45) is -2.13. The van der Waals surface area contributed by atoms with Gasteiger partial charge in [-0.2, -0.15) is 13.2 Å². The molecule has 1 saturated carbocycles. The van der Waals surface area contributed by atoms with Crippen LogP contribution in [0.15, 0.2) is 24.4 Å². The van der Waals surface area contributed by atoms with Gasteiger partial charge in [0.25, 0.3) is 5.91 Å². The molecule has 3 N–H and O–H groups in total. The van der Waals surface area contributed by atoms with Gasteiger partial charge < -0.3 is 16.0 Å². The number of pyridine rings is 2. The third kappa shape index (κ3) is 5.82. The first-order valence-corrected chi connectivity index (χ1v) is 9.55. The Labute approximate surface area is 175 Å². The largest absolute Gasteiger partial charge is 0.417 e. The summed E-state index contributed by atoms with van der Waals surface area (Å²) >= 11 is 5.82. The maximum atomic E-state index is 12.6. The van der Waals surface area contributed by atoms with Crippen LogP contribution in [-0.2, 0) is 11.0 Å². The SMILES string of the molecule is Cc1cc(C(=O)NCCNc2ncc(C(F)(F)F)cc2Cl)cc(NC(=O)C2CC2)n1. The second-order valence-corrected chi connectivity index (χ2v) is 7.29. The standard InChI is InChI=1S/C19H19ClF3N5O2/c1-10-6-12(7-15(27-10)28-18(30)11-2-3-11)17(29)25-5-4-24-16-14(20)8-13(9-26-16)19(21,22)23/h6-9,11H,2-5H2,1H3,(H,24,26)(H,25,29)(H,27,28,30). The van der Waals surface area contributed by atoms with E-state index in [0.717, 1.165) is 18.9 Å². The second-order valence-electron chi connectivity index (χ2n) is 6.88. The van der Waals surface area contributed by atoms with Crippen LogP contribution < -0.4 is 16.0 Å². The van der Waals surface area contributed by atoms with Crippen molar-refractivity contribution < 1.29 is 22.8 Å². The van der Waals surface area contributed by atoms with Crippen molar-refractivity contribution in [1.29, 1.82) is 0 Å².